The summed E-state index contributed by atoms with van der Waals surface area (Å²) in [6.07, 6.45) is 5.67. The van der Waals surface area contributed by atoms with E-state index in [0.29, 0.717) is 11.4 Å². The summed E-state index contributed by atoms with van der Waals surface area (Å²) in [6.45, 7) is 0. The Balaban J connectivity index is 1.91. The van der Waals surface area contributed by atoms with Gasteiger partial charge in [0.05, 0.1) is 28.4 Å². The van der Waals surface area contributed by atoms with E-state index in [2.05, 4.69) is 11.2 Å². The van der Waals surface area contributed by atoms with E-state index >= 15 is 0 Å². The summed E-state index contributed by atoms with van der Waals surface area (Å²) >= 11 is 6.02. The first-order chi connectivity index (χ1) is 10.7. The maximum absolute atomic E-state index is 14.6. The zero-order valence-corrected chi connectivity index (χ0v) is 12.5. The molecule has 0 spiro atoms. The van der Waals surface area contributed by atoms with Crippen LogP contribution in [0.15, 0.2) is 18.3 Å². The molecule has 2 aromatic rings. The second-order valence-electron chi connectivity index (χ2n) is 5.74. The molecule has 2 saturated carbocycles. The topological polar surface area (TPSA) is 50.8 Å². The third-order valence-corrected chi connectivity index (χ3v) is 4.21. The van der Waals surface area contributed by atoms with E-state index in [-0.39, 0.29) is 28.3 Å². The number of halogens is 2. The summed E-state index contributed by atoms with van der Waals surface area (Å²) in [7, 11) is 0. The number of nitriles is 1. The number of aromatic nitrogens is 2. The minimum atomic E-state index is -0.594. The number of rotatable bonds is 4. The van der Waals surface area contributed by atoms with Gasteiger partial charge in [-0.15, -0.1) is 0 Å². The third-order valence-electron chi connectivity index (χ3n) is 3.93. The van der Waals surface area contributed by atoms with E-state index in [1.165, 1.54) is 6.07 Å². The Bertz CT molecular complexity index is 787. The van der Waals surface area contributed by atoms with Crippen LogP contribution in [0.3, 0.4) is 0 Å². The van der Waals surface area contributed by atoms with Gasteiger partial charge >= 0.3 is 0 Å². The molecule has 4 nitrogen and oxygen atoms in total. The highest BCUT2D eigenvalue weighted by molar-refractivity contribution is 6.31. The zero-order chi connectivity index (χ0) is 15.3. The van der Waals surface area contributed by atoms with Crippen molar-refractivity contribution in [2.45, 2.75) is 37.8 Å². The largest absolute Gasteiger partial charge is 0.489 e. The molecule has 1 aromatic heterocycles. The van der Waals surface area contributed by atoms with Gasteiger partial charge in [0, 0.05) is 12.3 Å². The lowest BCUT2D eigenvalue weighted by Crippen LogP contribution is -2.05. The standard InChI is InChI=1S/C16H13ClFN3O/c17-12-7-14(22-10-3-4-10)11(8-19)15(16(12)18)13-5-6-20-21(13)9-1-2-9/h5-7,9-10H,1-4H2. The molecular formula is C16H13ClFN3O. The molecule has 6 heteroatoms. The highest BCUT2D eigenvalue weighted by Crippen LogP contribution is 2.43. The Morgan fingerprint density at radius 3 is 2.77 bits per heavy atom. The highest BCUT2D eigenvalue weighted by Gasteiger charge is 2.31. The quantitative estimate of drug-likeness (QED) is 0.853. The number of nitrogens with zero attached hydrogens (tertiary/aromatic N) is 3. The normalized spacial score (nSPS) is 17.3. The second kappa shape index (κ2) is 4.99. The van der Waals surface area contributed by atoms with Crippen molar-refractivity contribution in [2.24, 2.45) is 0 Å². The predicted octanol–water partition coefficient (Wildman–Crippen LogP) is 4.09. The van der Waals surface area contributed by atoms with Gasteiger partial charge < -0.3 is 4.74 Å². The van der Waals surface area contributed by atoms with Crippen molar-refractivity contribution in [1.29, 1.82) is 5.26 Å². The molecule has 0 radical (unpaired) electrons. The Kier molecular flexibility index (Phi) is 3.08. The summed E-state index contributed by atoms with van der Waals surface area (Å²) in [5.41, 5.74) is 0.964. The van der Waals surface area contributed by atoms with Crippen LogP contribution < -0.4 is 4.74 Å². The van der Waals surface area contributed by atoms with Crippen LogP contribution >= 0.6 is 11.6 Å². The van der Waals surface area contributed by atoms with E-state index in [4.69, 9.17) is 16.3 Å². The fourth-order valence-corrected chi connectivity index (χ4v) is 2.73. The Hall–Kier alpha value is -2.06. The van der Waals surface area contributed by atoms with Crippen LogP contribution in [0, 0.1) is 17.1 Å². The smallest absolute Gasteiger partial charge is 0.152 e. The molecule has 0 atom stereocenters. The van der Waals surface area contributed by atoms with Gasteiger partial charge in [0.1, 0.15) is 17.4 Å². The minimum Gasteiger partial charge on any atom is -0.489 e. The SMILES string of the molecule is N#Cc1c(OC2CC2)cc(Cl)c(F)c1-c1ccnn1C1CC1. The van der Waals surface area contributed by atoms with E-state index < -0.39 is 5.82 Å². The zero-order valence-electron chi connectivity index (χ0n) is 11.7. The van der Waals surface area contributed by atoms with Crippen LogP contribution in [0.2, 0.25) is 5.02 Å². The monoisotopic (exact) mass is 317 g/mol. The van der Waals surface area contributed by atoms with Crippen LogP contribution in [0.1, 0.15) is 37.3 Å². The first-order valence-corrected chi connectivity index (χ1v) is 7.69. The Labute approximate surface area is 132 Å². The van der Waals surface area contributed by atoms with Crippen molar-refractivity contribution in [1.82, 2.24) is 9.78 Å². The maximum Gasteiger partial charge on any atom is 0.152 e. The summed E-state index contributed by atoms with van der Waals surface area (Å²) < 4.78 is 22.1. The molecular weight excluding hydrogens is 305 g/mol. The summed E-state index contributed by atoms with van der Waals surface area (Å²) in [4.78, 5) is 0. The molecule has 2 fully saturated rings. The van der Waals surface area contributed by atoms with Crippen molar-refractivity contribution in [2.75, 3.05) is 0 Å². The van der Waals surface area contributed by atoms with Gasteiger partial charge in [0.25, 0.3) is 0 Å². The van der Waals surface area contributed by atoms with Gasteiger partial charge in [-0.05, 0) is 31.7 Å². The van der Waals surface area contributed by atoms with Gasteiger partial charge in [-0.3, -0.25) is 4.68 Å². The highest BCUT2D eigenvalue weighted by atomic mass is 35.5. The molecule has 0 amide bonds. The number of benzene rings is 1. The van der Waals surface area contributed by atoms with Crippen molar-refractivity contribution < 1.29 is 9.13 Å². The van der Waals surface area contributed by atoms with E-state index in [1.54, 1.807) is 16.9 Å². The van der Waals surface area contributed by atoms with Crippen LogP contribution in [0.25, 0.3) is 11.3 Å². The number of hydrogen-bond acceptors (Lipinski definition) is 3. The fourth-order valence-electron chi connectivity index (χ4n) is 2.54. The first-order valence-electron chi connectivity index (χ1n) is 7.31. The molecule has 112 valence electrons. The predicted molar refractivity (Wildman–Crippen MR) is 79.3 cm³/mol. The van der Waals surface area contributed by atoms with Crippen molar-refractivity contribution in [3.63, 3.8) is 0 Å². The molecule has 0 bridgehead atoms. The van der Waals surface area contributed by atoms with Crippen molar-refractivity contribution in [3.05, 3.63) is 34.7 Å². The van der Waals surface area contributed by atoms with E-state index in [9.17, 15) is 9.65 Å². The number of hydrogen-bond donors (Lipinski definition) is 0. The van der Waals surface area contributed by atoms with Gasteiger partial charge in [0.2, 0.25) is 0 Å². The van der Waals surface area contributed by atoms with Crippen LogP contribution in [0.5, 0.6) is 5.75 Å². The fraction of sp³-hybridized carbons (Fsp3) is 0.375. The lowest BCUT2D eigenvalue weighted by Gasteiger charge is -2.14. The van der Waals surface area contributed by atoms with E-state index in [0.717, 1.165) is 25.7 Å². The second-order valence-corrected chi connectivity index (χ2v) is 6.15. The van der Waals surface area contributed by atoms with Crippen molar-refractivity contribution >= 4 is 11.6 Å². The molecule has 0 unspecified atom stereocenters. The molecule has 22 heavy (non-hydrogen) atoms. The molecule has 0 aliphatic heterocycles. The average molecular weight is 318 g/mol. The van der Waals surface area contributed by atoms with E-state index in [1.807, 2.05) is 0 Å². The Morgan fingerprint density at radius 1 is 1.36 bits per heavy atom. The third kappa shape index (κ3) is 2.24. The first kappa shape index (κ1) is 13.6. The van der Waals surface area contributed by atoms with Crippen LogP contribution in [0.4, 0.5) is 4.39 Å². The van der Waals surface area contributed by atoms with Gasteiger partial charge in [-0.1, -0.05) is 11.6 Å². The lowest BCUT2D eigenvalue weighted by molar-refractivity contribution is 0.302. The average Bonchev–Trinajstić information content (AvgIpc) is 3.43. The maximum atomic E-state index is 14.6. The van der Waals surface area contributed by atoms with Crippen LogP contribution in [-0.2, 0) is 0 Å². The minimum absolute atomic E-state index is 0.0341. The molecule has 0 N–H and O–H groups in total. The van der Waals surface area contributed by atoms with Crippen LogP contribution in [-0.4, -0.2) is 15.9 Å². The molecule has 1 aromatic carbocycles. The molecule has 4 rings (SSSR count). The van der Waals surface area contributed by atoms with Gasteiger partial charge in [-0.2, -0.15) is 10.4 Å². The summed E-state index contributed by atoms with van der Waals surface area (Å²) in [5, 5.41) is 13.7. The summed E-state index contributed by atoms with van der Waals surface area (Å²) in [5.74, 6) is -0.237. The summed E-state index contributed by atoms with van der Waals surface area (Å²) in [6, 6.07) is 5.47. The van der Waals surface area contributed by atoms with Crippen molar-refractivity contribution in [3.8, 4) is 23.1 Å². The molecule has 0 saturated heterocycles. The lowest BCUT2D eigenvalue weighted by atomic mass is 10.0. The molecule has 1 heterocycles. The number of ether oxygens (including phenoxy) is 1. The van der Waals surface area contributed by atoms with Gasteiger partial charge in [-0.25, -0.2) is 4.39 Å². The Morgan fingerprint density at radius 2 is 2.14 bits per heavy atom. The molecule has 2 aliphatic carbocycles. The van der Waals surface area contributed by atoms with Gasteiger partial charge in [0.15, 0.2) is 5.82 Å². The molecule has 2 aliphatic rings.